The average molecular weight is 221 g/mol. The standard InChI is InChI=1S/C14H23NO/c1-11(2)14(16)9-6-10-15-12(3)7-5-8-13(15)4/h11-13H,5,7-8,10H2,1-4H3. The molecule has 1 aliphatic rings. The zero-order valence-electron chi connectivity index (χ0n) is 10.9. The third-order valence-corrected chi connectivity index (χ3v) is 3.37. The Balaban J connectivity index is 2.49. The lowest BCUT2D eigenvalue weighted by molar-refractivity contribution is -0.116. The van der Waals surface area contributed by atoms with Crippen LogP contribution in [-0.4, -0.2) is 29.3 Å². The molecule has 0 aromatic rings. The molecule has 0 bridgehead atoms. The summed E-state index contributed by atoms with van der Waals surface area (Å²) in [7, 11) is 0. The summed E-state index contributed by atoms with van der Waals surface area (Å²) in [4.78, 5) is 13.8. The van der Waals surface area contributed by atoms with E-state index in [1.54, 1.807) is 0 Å². The van der Waals surface area contributed by atoms with E-state index >= 15 is 0 Å². The molecule has 0 amide bonds. The number of hydrogen-bond donors (Lipinski definition) is 0. The number of carbonyl (C=O) groups excluding carboxylic acids is 1. The van der Waals surface area contributed by atoms with Crippen molar-refractivity contribution in [2.24, 2.45) is 5.92 Å². The number of piperidine rings is 1. The van der Waals surface area contributed by atoms with E-state index in [0.717, 1.165) is 6.54 Å². The van der Waals surface area contributed by atoms with Crippen LogP contribution < -0.4 is 0 Å². The molecule has 2 heteroatoms. The van der Waals surface area contributed by atoms with Crippen LogP contribution in [0.25, 0.3) is 0 Å². The second-order valence-electron chi connectivity index (χ2n) is 5.12. The molecule has 0 spiro atoms. The van der Waals surface area contributed by atoms with E-state index in [2.05, 4.69) is 30.6 Å². The van der Waals surface area contributed by atoms with E-state index < -0.39 is 0 Å². The largest absolute Gasteiger partial charge is 0.287 e. The van der Waals surface area contributed by atoms with Crippen LogP contribution in [0.15, 0.2) is 0 Å². The average Bonchev–Trinajstić information content (AvgIpc) is 2.22. The minimum absolute atomic E-state index is 0.0312. The Hall–Kier alpha value is -0.810. The Morgan fingerprint density at radius 3 is 2.38 bits per heavy atom. The van der Waals surface area contributed by atoms with Crippen LogP contribution in [0.4, 0.5) is 0 Å². The Morgan fingerprint density at radius 1 is 1.31 bits per heavy atom. The van der Waals surface area contributed by atoms with Crippen molar-refractivity contribution in [1.82, 2.24) is 4.90 Å². The van der Waals surface area contributed by atoms with Gasteiger partial charge in [0.05, 0.1) is 6.54 Å². The Bertz CT molecular complexity index is 288. The first-order chi connectivity index (χ1) is 7.52. The van der Waals surface area contributed by atoms with Gasteiger partial charge in [-0.3, -0.25) is 9.69 Å². The molecule has 2 atom stereocenters. The van der Waals surface area contributed by atoms with Crippen molar-refractivity contribution in [2.45, 2.75) is 59.0 Å². The highest BCUT2D eigenvalue weighted by Crippen LogP contribution is 2.21. The van der Waals surface area contributed by atoms with Crippen LogP contribution >= 0.6 is 0 Å². The van der Waals surface area contributed by atoms with Gasteiger partial charge in [-0.25, -0.2) is 0 Å². The molecule has 1 saturated heterocycles. The molecule has 0 aliphatic carbocycles. The fourth-order valence-electron chi connectivity index (χ4n) is 2.15. The number of Topliss-reactive ketones (excluding diaryl/α,β-unsaturated/α-hetero) is 1. The number of likely N-dealkylation sites (tertiary alicyclic amines) is 1. The molecule has 2 unspecified atom stereocenters. The molecule has 0 aromatic carbocycles. The summed E-state index contributed by atoms with van der Waals surface area (Å²) in [5, 5.41) is 0. The van der Waals surface area contributed by atoms with Crippen molar-refractivity contribution in [3.8, 4) is 11.8 Å². The lowest BCUT2D eigenvalue weighted by atomic mass is 9.98. The van der Waals surface area contributed by atoms with E-state index in [0.29, 0.717) is 12.1 Å². The zero-order valence-corrected chi connectivity index (χ0v) is 10.9. The number of nitrogens with zero attached hydrogens (tertiary/aromatic N) is 1. The first kappa shape index (κ1) is 13.3. The molecule has 1 rings (SSSR count). The second kappa shape index (κ2) is 6.06. The summed E-state index contributed by atoms with van der Waals surface area (Å²) in [5.74, 6) is 5.85. The zero-order chi connectivity index (χ0) is 12.1. The SMILES string of the molecule is CC(C)C(=O)C#CCN1C(C)CCCC1C. The van der Waals surface area contributed by atoms with Gasteiger partial charge < -0.3 is 0 Å². The molecule has 1 heterocycles. The van der Waals surface area contributed by atoms with Crippen LogP contribution in [0, 0.1) is 17.8 Å². The van der Waals surface area contributed by atoms with Crippen LogP contribution in [0.1, 0.15) is 47.0 Å². The predicted molar refractivity (Wildman–Crippen MR) is 67.1 cm³/mol. The fourth-order valence-corrected chi connectivity index (χ4v) is 2.15. The topological polar surface area (TPSA) is 20.3 Å². The van der Waals surface area contributed by atoms with Gasteiger partial charge >= 0.3 is 0 Å². The fraction of sp³-hybridized carbons (Fsp3) is 0.786. The number of rotatable bonds is 2. The second-order valence-corrected chi connectivity index (χ2v) is 5.12. The maximum absolute atomic E-state index is 11.4. The molecule has 0 N–H and O–H groups in total. The lowest BCUT2D eigenvalue weighted by Crippen LogP contribution is -2.43. The summed E-state index contributed by atoms with van der Waals surface area (Å²) in [5.41, 5.74) is 0. The molecule has 16 heavy (non-hydrogen) atoms. The van der Waals surface area contributed by atoms with Crippen LogP contribution in [0.5, 0.6) is 0 Å². The highest BCUT2D eigenvalue weighted by molar-refractivity contribution is 5.96. The lowest BCUT2D eigenvalue weighted by Gasteiger charge is -2.37. The summed E-state index contributed by atoms with van der Waals surface area (Å²) in [6, 6.07) is 1.21. The maximum Gasteiger partial charge on any atom is 0.208 e. The molecule has 0 saturated carbocycles. The highest BCUT2D eigenvalue weighted by Gasteiger charge is 2.23. The van der Waals surface area contributed by atoms with Gasteiger partial charge in [0, 0.05) is 18.0 Å². The van der Waals surface area contributed by atoms with Crippen molar-refractivity contribution >= 4 is 5.78 Å². The number of hydrogen-bond acceptors (Lipinski definition) is 2. The summed E-state index contributed by atoms with van der Waals surface area (Å²) >= 11 is 0. The Morgan fingerprint density at radius 2 is 1.88 bits per heavy atom. The number of carbonyl (C=O) groups is 1. The minimum Gasteiger partial charge on any atom is -0.287 e. The van der Waals surface area contributed by atoms with E-state index in [1.165, 1.54) is 19.3 Å². The smallest absolute Gasteiger partial charge is 0.208 e. The van der Waals surface area contributed by atoms with Gasteiger partial charge in [0.2, 0.25) is 5.78 Å². The monoisotopic (exact) mass is 221 g/mol. The van der Waals surface area contributed by atoms with Crippen molar-refractivity contribution < 1.29 is 4.79 Å². The van der Waals surface area contributed by atoms with Gasteiger partial charge in [-0.15, -0.1) is 0 Å². The maximum atomic E-state index is 11.4. The third kappa shape index (κ3) is 3.64. The molecule has 1 fully saturated rings. The van der Waals surface area contributed by atoms with Crippen molar-refractivity contribution in [1.29, 1.82) is 0 Å². The Labute approximate surface area is 99.4 Å². The van der Waals surface area contributed by atoms with Crippen molar-refractivity contribution in [3.63, 3.8) is 0 Å². The van der Waals surface area contributed by atoms with Crippen LogP contribution in [0.3, 0.4) is 0 Å². The predicted octanol–water partition coefficient (Wildman–Crippen LogP) is 2.48. The normalized spacial score (nSPS) is 26.3. The Kier molecular flexibility index (Phi) is 5.02. The number of ketones is 1. The van der Waals surface area contributed by atoms with E-state index in [4.69, 9.17) is 0 Å². The van der Waals surface area contributed by atoms with Gasteiger partial charge in [-0.05, 0) is 32.6 Å². The third-order valence-electron chi connectivity index (χ3n) is 3.37. The first-order valence-corrected chi connectivity index (χ1v) is 6.30. The molecular weight excluding hydrogens is 198 g/mol. The molecule has 0 aromatic heterocycles. The molecule has 0 radical (unpaired) electrons. The first-order valence-electron chi connectivity index (χ1n) is 6.30. The molecular formula is C14H23NO. The van der Waals surface area contributed by atoms with Crippen LogP contribution in [-0.2, 0) is 4.79 Å². The minimum atomic E-state index is 0.0312. The summed E-state index contributed by atoms with van der Waals surface area (Å²) in [6.07, 6.45) is 3.82. The van der Waals surface area contributed by atoms with Gasteiger partial charge in [-0.1, -0.05) is 26.2 Å². The summed E-state index contributed by atoms with van der Waals surface area (Å²) < 4.78 is 0. The quantitative estimate of drug-likeness (QED) is 0.527. The van der Waals surface area contributed by atoms with E-state index in [1.807, 2.05) is 13.8 Å². The van der Waals surface area contributed by atoms with Gasteiger partial charge in [0.25, 0.3) is 0 Å². The van der Waals surface area contributed by atoms with Crippen LogP contribution in [0.2, 0.25) is 0 Å². The highest BCUT2D eigenvalue weighted by atomic mass is 16.1. The molecule has 2 nitrogen and oxygen atoms in total. The molecule has 1 aliphatic heterocycles. The summed E-state index contributed by atoms with van der Waals surface area (Å²) in [6.45, 7) is 9.02. The van der Waals surface area contributed by atoms with Gasteiger partial charge in [0.1, 0.15) is 0 Å². The van der Waals surface area contributed by atoms with Gasteiger partial charge in [-0.2, -0.15) is 0 Å². The molecule has 90 valence electrons. The van der Waals surface area contributed by atoms with Crippen molar-refractivity contribution in [2.75, 3.05) is 6.54 Å². The van der Waals surface area contributed by atoms with Gasteiger partial charge in [0.15, 0.2) is 0 Å². The van der Waals surface area contributed by atoms with Crippen molar-refractivity contribution in [3.05, 3.63) is 0 Å². The van der Waals surface area contributed by atoms with E-state index in [9.17, 15) is 4.79 Å². The van der Waals surface area contributed by atoms with E-state index in [-0.39, 0.29) is 11.7 Å².